The van der Waals surface area contributed by atoms with Gasteiger partial charge < -0.3 is 10.6 Å². The molecule has 0 aliphatic carbocycles. The molecule has 1 aromatic rings. The number of hydrogen-bond donors (Lipinski definition) is 2. The van der Waals surface area contributed by atoms with Crippen LogP contribution in [0.25, 0.3) is 0 Å². The zero-order chi connectivity index (χ0) is 11.3. The molecule has 0 aliphatic heterocycles. The van der Waals surface area contributed by atoms with Gasteiger partial charge in [-0.15, -0.1) is 0 Å². The van der Waals surface area contributed by atoms with Crippen molar-refractivity contribution in [2.45, 2.75) is 13.3 Å². The number of nitrogens with one attached hydrogen (secondary N) is 2. The zero-order valence-electron chi connectivity index (χ0n) is 8.31. The van der Waals surface area contributed by atoms with Crippen molar-refractivity contribution >= 4 is 50.5 Å². The summed E-state index contributed by atoms with van der Waals surface area (Å²) in [5.74, 6) is 0. The number of halogens is 2. The second kappa shape index (κ2) is 6.30. The van der Waals surface area contributed by atoms with Crippen molar-refractivity contribution in [1.82, 2.24) is 5.32 Å². The highest BCUT2D eigenvalue weighted by atomic mass is 79.9. The van der Waals surface area contributed by atoms with Crippen molar-refractivity contribution in [3.63, 3.8) is 0 Å². The normalized spacial score (nSPS) is 9.80. The highest BCUT2D eigenvalue weighted by Gasteiger charge is 2.02. The van der Waals surface area contributed by atoms with Gasteiger partial charge in [0.25, 0.3) is 0 Å². The molecule has 1 rings (SSSR count). The monoisotopic (exact) mass is 306 g/mol. The maximum absolute atomic E-state index is 6.03. The Hall–Kier alpha value is -0.320. The van der Waals surface area contributed by atoms with Gasteiger partial charge >= 0.3 is 0 Å². The average Bonchev–Trinajstić information content (AvgIpc) is 2.19. The van der Waals surface area contributed by atoms with Gasteiger partial charge in [0.1, 0.15) is 0 Å². The van der Waals surface area contributed by atoms with Crippen molar-refractivity contribution in [3.05, 3.63) is 27.7 Å². The molecular formula is C10H12BrClN2S. The van der Waals surface area contributed by atoms with Crippen LogP contribution < -0.4 is 10.6 Å². The summed E-state index contributed by atoms with van der Waals surface area (Å²) in [4.78, 5) is 0. The van der Waals surface area contributed by atoms with Crippen LogP contribution in [0.15, 0.2) is 22.7 Å². The van der Waals surface area contributed by atoms with Crippen molar-refractivity contribution in [2.75, 3.05) is 11.9 Å². The molecule has 0 aromatic heterocycles. The fourth-order valence-corrected chi connectivity index (χ4v) is 1.93. The first kappa shape index (κ1) is 12.7. The van der Waals surface area contributed by atoms with Gasteiger partial charge in [0.15, 0.2) is 5.11 Å². The summed E-state index contributed by atoms with van der Waals surface area (Å²) in [5.41, 5.74) is 0.813. The molecule has 0 saturated carbocycles. The molecule has 0 aliphatic rings. The highest BCUT2D eigenvalue weighted by molar-refractivity contribution is 9.10. The number of thiocarbonyl (C=S) groups is 1. The van der Waals surface area contributed by atoms with E-state index in [0.717, 1.165) is 23.1 Å². The summed E-state index contributed by atoms with van der Waals surface area (Å²) in [5, 5.41) is 7.35. The molecule has 2 N–H and O–H groups in total. The van der Waals surface area contributed by atoms with E-state index >= 15 is 0 Å². The molecule has 1 aromatic carbocycles. The van der Waals surface area contributed by atoms with Crippen molar-refractivity contribution in [2.24, 2.45) is 0 Å². The molecule has 5 heteroatoms. The molecule has 0 unspecified atom stereocenters. The number of rotatable bonds is 3. The molecule has 0 saturated heterocycles. The summed E-state index contributed by atoms with van der Waals surface area (Å²) < 4.78 is 0.950. The second-order valence-corrected chi connectivity index (χ2v) is 4.74. The maximum Gasteiger partial charge on any atom is 0.170 e. The molecule has 2 nitrogen and oxygen atoms in total. The third-order valence-corrected chi connectivity index (χ3v) is 2.77. The van der Waals surface area contributed by atoms with Crippen LogP contribution in [0.1, 0.15) is 13.3 Å². The maximum atomic E-state index is 6.03. The van der Waals surface area contributed by atoms with E-state index in [9.17, 15) is 0 Å². The molecule has 82 valence electrons. The first-order valence-corrected chi connectivity index (χ1v) is 6.21. The van der Waals surface area contributed by atoms with Crippen molar-refractivity contribution < 1.29 is 0 Å². The van der Waals surface area contributed by atoms with E-state index in [-0.39, 0.29) is 0 Å². The lowest BCUT2D eigenvalue weighted by atomic mass is 10.3. The van der Waals surface area contributed by atoms with Gasteiger partial charge in [0.05, 0.1) is 10.7 Å². The van der Waals surface area contributed by atoms with E-state index in [2.05, 4.69) is 33.5 Å². The van der Waals surface area contributed by atoms with Crippen LogP contribution >= 0.6 is 39.7 Å². The minimum absolute atomic E-state index is 0.598. The molecule has 0 atom stereocenters. The Bertz CT molecular complexity index is 357. The van der Waals surface area contributed by atoms with Crippen molar-refractivity contribution in [3.8, 4) is 0 Å². The minimum Gasteiger partial charge on any atom is -0.362 e. The van der Waals surface area contributed by atoms with Gasteiger partial charge in [0.2, 0.25) is 0 Å². The Labute approximate surface area is 109 Å². The zero-order valence-corrected chi connectivity index (χ0v) is 11.5. The Morgan fingerprint density at radius 1 is 1.53 bits per heavy atom. The van der Waals surface area contributed by atoms with Crippen LogP contribution in [0.4, 0.5) is 5.69 Å². The molecule has 0 bridgehead atoms. The smallest absolute Gasteiger partial charge is 0.170 e. The first-order valence-electron chi connectivity index (χ1n) is 4.63. The van der Waals surface area contributed by atoms with E-state index in [1.165, 1.54) is 0 Å². The number of hydrogen-bond acceptors (Lipinski definition) is 1. The molecule has 0 amide bonds. The Morgan fingerprint density at radius 3 is 2.87 bits per heavy atom. The van der Waals surface area contributed by atoms with Crippen LogP contribution in [-0.4, -0.2) is 11.7 Å². The van der Waals surface area contributed by atoms with Gasteiger partial charge in [-0.1, -0.05) is 34.5 Å². The summed E-state index contributed by atoms with van der Waals surface area (Å²) in [6.45, 7) is 2.95. The summed E-state index contributed by atoms with van der Waals surface area (Å²) in [7, 11) is 0. The standard InChI is InChI=1S/C10H12BrClN2S/c1-2-5-13-10(15)14-9-4-3-7(11)6-8(9)12/h3-4,6H,2,5H2,1H3,(H2,13,14,15). The van der Waals surface area contributed by atoms with Crippen LogP contribution in [0, 0.1) is 0 Å². The Kier molecular flexibility index (Phi) is 5.36. The predicted molar refractivity (Wildman–Crippen MR) is 73.7 cm³/mol. The largest absolute Gasteiger partial charge is 0.362 e. The van der Waals surface area contributed by atoms with E-state index in [0.29, 0.717) is 10.1 Å². The van der Waals surface area contributed by atoms with E-state index in [1.807, 2.05) is 18.2 Å². The van der Waals surface area contributed by atoms with Crippen LogP contribution in [0.5, 0.6) is 0 Å². The molecule has 0 fully saturated rings. The van der Waals surface area contributed by atoms with Gasteiger partial charge in [-0.25, -0.2) is 0 Å². The van der Waals surface area contributed by atoms with Crippen LogP contribution in [0.2, 0.25) is 5.02 Å². The molecule has 0 heterocycles. The minimum atomic E-state index is 0.598. The molecule has 15 heavy (non-hydrogen) atoms. The van der Waals surface area contributed by atoms with E-state index < -0.39 is 0 Å². The number of anilines is 1. The van der Waals surface area contributed by atoms with E-state index in [1.54, 1.807) is 0 Å². The van der Waals surface area contributed by atoms with Crippen LogP contribution in [0.3, 0.4) is 0 Å². The lowest BCUT2D eigenvalue weighted by Gasteiger charge is -2.10. The van der Waals surface area contributed by atoms with Gasteiger partial charge in [-0.3, -0.25) is 0 Å². The fraction of sp³-hybridized carbons (Fsp3) is 0.300. The predicted octanol–water partition coefficient (Wildman–Crippen LogP) is 3.80. The van der Waals surface area contributed by atoms with Crippen molar-refractivity contribution in [1.29, 1.82) is 0 Å². The first-order chi connectivity index (χ1) is 7.13. The quantitative estimate of drug-likeness (QED) is 0.831. The fourth-order valence-electron chi connectivity index (χ4n) is 0.996. The summed E-state index contributed by atoms with van der Waals surface area (Å²) >= 11 is 14.5. The van der Waals surface area contributed by atoms with Gasteiger partial charge in [-0.05, 0) is 36.8 Å². The lowest BCUT2D eigenvalue weighted by Crippen LogP contribution is -2.28. The second-order valence-electron chi connectivity index (χ2n) is 3.01. The van der Waals surface area contributed by atoms with Gasteiger partial charge in [-0.2, -0.15) is 0 Å². The van der Waals surface area contributed by atoms with Crippen LogP contribution in [-0.2, 0) is 0 Å². The lowest BCUT2D eigenvalue weighted by molar-refractivity contribution is 0.846. The summed E-state index contributed by atoms with van der Waals surface area (Å²) in [6.07, 6.45) is 1.04. The van der Waals surface area contributed by atoms with Gasteiger partial charge in [0, 0.05) is 11.0 Å². The third kappa shape index (κ3) is 4.36. The molecule has 0 radical (unpaired) electrons. The number of benzene rings is 1. The Balaban J connectivity index is 2.60. The third-order valence-electron chi connectivity index (χ3n) is 1.71. The Morgan fingerprint density at radius 2 is 2.27 bits per heavy atom. The summed E-state index contributed by atoms with van der Waals surface area (Å²) in [6, 6.07) is 5.62. The highest BCUT2D eigenvalue weighted by Crippen LogP contribution is 2.25. The average molecular weight is 308 g/mol. The molecule has 0 spiro atoms. The SMILES string of the molecule is CCCNC(=S)Nc1ccc(Br)cc1Cl. The topological polar surface area (TPSA) is 24.1 Å². The van der Waals surface area contributed by atoms with E-state index in [4.69, 9.17) is 23.8 Å². The molecular weight excluding hydrogens is 296 g/mol.